The summed E-state index contributed by atoms with van der Waals surface area (Å²) >= 11 is 1.36. The number of allylic oxidation sites excluding steroid dienone is 2. The first-order valence-corrected chi connectivity index (χ1v) is 13.9. The molecule has 0 amide bonds. The maximum atomic E-state index is 14.1. The van der Waals surface area contributed by atoms with E-state index in [0.717, 1.165) is 46.1 Å². The Morgan fingerprint density at radius 2 is 1.90 bits per heavy atom. The van der Waals surface area contributed by atoms with Crippen LogP contribution in [0.25, 0.3) is 22.7 Å². The molecule has 0 N–H and O–H groups in total. The Labute approximate surface area is 233 Å². The standard InChI is InChI=1S/C32H24N4O3S/c1-2-16-34-19-22(24-11-5-6-13-27(24)34)18-28-31(37)35-30(21-9-7-10-23(17-21)36(38)39)26-15-14-20-8-3-4-12-25(20)29(26)33-32(35)40-28/h2-13,17-19,30H,1,14-16H2/b28-18+/t30-/m0/s1. The summed E-state index contributed by atoms with van der Waals surface area (Å²) in [4.78, 5) is 31.0. The van der Waals surface area contributed by atoms with Gasteiger partial charge in [0.05, 0.1) is 21.2 Å². The Morgan fingerprint density at radius 3 is 2.75 bits per heavy atom. The molecule has 2 aromatic heterocycles. The van der Waals surface area contributed by atoms with Crippen molar-refractivity contribution >= 4 is 39.7 Å². The van der Waals surface area contributed by atoms with Crippen LogP contribution in [0.15, 0.2) is 107 Å². The van der Waals surface area contributed by atoms with Gasteiger partial charge in [-0.3, -0.25) is 19.5 Å². The molecule has 0 fully saturated rings. The highest BCUT2D eigenvalue weighted by Crippen LogP contribution is 2.41. The molecule has 196 valence electrons. The molecule has 0 saturated heterocycles. The minimum Gasteiger partial charge on any atom is -0.343 e. The summed E-state index contributed by atoms with van der Waals surface area (Å²) < 4.78 is 4.42. The molecule has 0 bridgehead atoms. The van der Waals surface area contributed by atoms with E-state index in [1.807, 2.05) is 48.7 Å². The van der Waals surface area contributed by atoms with E-state index in [4.69, 9.17) is 4.99 Å². The van der Waals surface area contributed by atoms with Crippen molar-refractivity contribution in [3.8, 4) is 0 Å². The normalized spacial score (nSPS) is 16.3. The fourth-order valence-corrected chi connectivity index (χ4v) is 6.94. The molecule has 0 radical (unpaired) electrons. The number of nitrogens with zero attached hydrogens (tertiary/aromatic N) is 4. The molecule has 8 heteroatoms. The smallest absolute Gasteiger partial charge is 0.271 e. The van der Waals surface area contributed by atoms with Gasteiger partial charge in [-0.15, -0.1) is 6.58 Å². The lowest BCUT2D eigenvalue weighted by Gasteiger charge is -2.30. The van der Waals surface area contributed by atoms with E-state index in [9.17, 15) is 14.9 Å². The summed E-state index contributed by atoms with van der Waals surface area (Å²) in [6.45, 7) is 4.54. The molecule has 1 aliphatic heterocycles. The fraction of sp³-hybridized carbons (Fsp3) is 0.125. The number of hydrogen-bond acceptors (Lipinski definition) is 5. The van der Waals surface area contributed by atoms with Gasteiger partial charge < -0.3 is 4.57 Å². The van der Waals surface area contributed by atoms with E-state index in [-0.39, 0.29) is 11.2 Å². The summed E-state index contributed by atoms with van der Waals surface area (Å²) in [5.41, 5.74) is 6.75. The summed E-state index contributed by atoms with van der Waals surface area (Å²) in [5.74, 6) is 0. The SMILES string of the molecule is C=CCn1cc(/C=c2/sc3n(c2=O)[C@@H](c2cccc([N+](=O)[O-])c2)C2=C(N=3)c3ccccc3CC2)c2ccccc21. The number of aromatic nitrogens is 2. The number of para-hydroxylation sites is 1. The van der Waals surface area contributed by atoms with Gasteiger partial charge >= 0.3 is 0 Å². The summed E-state index contributed by atoms with van der Waals surface area (Å²) in [5, 5.41) is 12.7. The van der Waals surface area contributed by atoms with Crippen molar-refractivity contribution in [1.29, 1.82) is 0 Å². The van der Waals surface area contributed by atoms with Gasteiger partial charge in [0.2, 0.25) is 0 Å². The molecular formula is C32H24N4O3S. The van der Waals surface area contributed by atoms with E-state index < -0.39 is 11.0 Å². The number of nitro benzene ring substituents is 1. The number of fused-ring (bicyclic) bond motifs is 4. The third-order valence-electron chi connectivity index (χ3n) is 7.70. The second-order valence-electron chi connectivity index (χ2n) is 10.0. The first kappa shape index (κ1) is 24.2. The zero-order valence-electron chi connectivity index (χ0n) is 21.5. The van der Waals surface area contributed by atoms with Gasteiger partial charge in [-0.1, -0.05) is 72.0 Å². The predicted octanol–water partition coefficient (Wildman–Crippen LogP) is 5.37. The van der Waals surface area contributed by atoms with Gasteiger partial charge in [0.1, 0.15) is 0 Å². The van der Waals surface area contributed by atoms with Crippen LogP contribution in [0.3, 0.4) is 0 Å². The van der Waals surface area contributed by atoms with Crippen molar-refractivity contribution in [3.05, 3.63) is 149 Å². The highest BCUT2D eigenvalue weighted by Gasteiger charge is 2.33. The van der Waals surface area contributed by atoms with Crippen LogP contribution in [-0.4, -0.2) is 14.1 Å². The first-order chi connectivity index (χ1) is 19.5. The molecule has 7 rings (SSSR count). The van der Waals surface area contributed by atoms with Gasteiger partial charge in [-0.05, 0) is 41.7 Å². The lowest BCUT2D eigenvalue weighted by Crippen LogP contribution is -2.38. The number of benzene rings is 3. The van der Waals surface area contributed by atoms with E-state index in [1.54, 1.807) is 16.7 Å². The van der Waals surface area contributed by atoms with Crippen LogP contribution in [0.2, 0.25) is 0 Å². The highest BCUT2D eigenvalue weighted by atomic mass is 32.1. The topological polar surface area (TPSA) is 82.4 Å². The fourth-order valence-electron chi connectivity index (χ4n) is 5.95. The molecule has 3 heterocycles. The van der Waals surface area contributed by atoms with Crippen LogP contribution in [0.4, 0.5) is 5.69 Å². The predicted molar refractivity (Wildman–Crippen MR) is 158 cm³/mol. The van der Waals surface area contributed by atoms with Crippen molar-refractivity contribution in [2.24, 2.45) is 4.99 Å². The van der Waals surface area contributed by atoms with Gasteiger partial charge in [0.15, 0.2) is 4.80 Å². The van der Waals surface area contributed by atoms with E-state index in [2.05, 4.69) is 35.4 Å². The van der Waals surface area contributed by atoms with E-state index >= 15 is 0 Å². The van der Waals surface area contributed by atoms with Gasteiger partial charge in [0, 0.05) is 46.9 Å². The van der Waals surface area contributed by atoms with Crippen LogP contribution in [-0.2, 0) is 13.0 Å². The van der Waals surface area contributed by atoms with Crippen molar-refractivity contribution in [2.45, 2.75) is 25.4 Å². The van der Waals surface area contributed by atoms with E-state index in [1.165, 1.54) is 23.0 Å². The zero-order valence-corrected chi connectivity index (χ0v) is 22.3. The molecule has 0 spiro atoms. The molecule has 7 nitrogen and oxygen atoms in total. The van der Waals surface area contributed by atoms with Crippen LogP contribution in [0.5, 0.6) is 0 Å². The second kappa shape index (κ2) is 9.43. The average molecular weight is 545 g/mol. The van der Waals surface area contributed by atoms with Gasteiger partial charge in [0.25, 0.3) is 11.2 Å². The second-order valence-corrected chi connectivity index (χ2v) is 11.0. The maximum Gasteiger partial charge on any atom is 0.271 e. The Morgan fingerprint density at radius 1 is 1.07 bits per heavy atom. The number of thiazole rings is 1. The zero-order chi connectivity index (χ0) is 27.4. The monoisotopic (exact) mass is 544 g/mol. The summed E-state index contributed by atoms with van der Waals surface area (Å²) in [6.07, 6.45) is 7.38. The van der Waals surface area contributed by atoms with Crippen molar-refractivity contribution in [3.63, 3.8) is 0 Å². The molecule has 1 aliphatic carbocycles. The van der Waals surface area contributed by atoms with Crippen molar-refractivity contribution in [1.82, 2.24) is 9.13 Å². The van der Waals surface area contributed by atoms with Gasteiger partial charge in [-0.25, -0.2) is 4.99 Å². The number of non-ortho nitro benzene ring substituents is 1. The number of nitro groups is 1. The molecule has 2 aliphatic rings. The van der Waals surface area contributed by atoms with Gasteiger partial charge in [-0.2, -0.15) is 0 Å². The van der Waals surface area contributed by atoms with Crippen LogP contribution >= 0.6 is 11.3 Å². The molecular weight excluding hydrogens is 520 g/mol. The lowest BCUT2D eigenvalue weighted by atomic mass is 9.83. The minimum absolute atomic E-state index is 0.00464. The Balaban J connectivity index is 1.49. The summed E-state index contributed by atoms with van der Waals surface area (Å²) in [6, 6.07) is 22.5. The third-order valence-corrected chi connectivity index (χ3v) is 8.68. The third kappa shape index (κ3) is 3.79. The Kier molecular flexibility index (Phi) is 5.71. The molecule has 0 unspecified atom stereocenters. The average Bonchev–Trinajstić information content (AvgIpc) is 3.48. The molecule has 5 aromatic rings. The minimum atomic E-state index is -0.469. The molecule has 1 atom stereocenters. The van der Waals surface area contributed by atoms with E-state index in [0.29, 0.717) is 21.4 Å². The summed E-state index contributed by atoms with van der Waals surface area (Å²) in [7, 11) is 0. The van der Waals surface area contributed by atoms with Crippen LogP contribution < -0.4 is 14.9 Å². The number of aryl methyl sites for hydroxylation is 1. The molecule has 3 aromatic carbocycles. The largest absolute Gasteiger partial charge is 0.343 e. The lowest BCUT2D eigenvalue weighted by molar-refractivity contribution is -0.384. The van der Waals surface area contributed by atoms with Crippen molar-refractivity contribution in [2.75, 3.05) is 0 Å². The maximum absolute atomic E-state index is 14.1. The Bertz CT molecular complexity index is 2080. The molecule has 0 saturated carbocycles. The highest BCUT2D eigenvalue weighted by molar-refractivity contribution is 7.07. The Hall–Kier alpha value is -4.82. The quantitative estimate of drug-likeness (QED) is 0.170. The van der Waals surface area contributed by atoms with Crippen LogP contribution in [0.1, 0.15) is 34.7 Å². The molecule has 40 heavy (non-hydrogen) atoms. The first-order valence-electron chi connectivity index (χ1n) is 13.1. The van der Waals surface area contributed by atoms with Crippen LogP contribution in [0, 0.1) is 10.1 Å². The van der Waals surface area contributed by atoms with Crippen molar-refractivity contribution < 1.29 is 4.92 Å². The number of rotatable bonds is 5. The number of hydrogen-bond donors (Lipinski definition) is 0.